The number of hydrogen-bond acceptors (Lipinski definition) is 3. The molecule has 2 aliphatic carbocycles. The minimum atomic E-state index is 0.318. The van der Waals surface area contributed by atoms with Gasteiger partial charge in [0.2, 0.25) is 5.88 Å². The predicted molar refractivity (Wildman–Crippen MR) is 97.2 cm³/mol. The van der Waals surface area contributed by atoms with Gasteiger partial charge >= 0.3 is 0 Å². The molecule has 0 aliphatic heterocycles. The number of nitrogens with zero attached hydrogens (tertiary/aromatic N) is 2. The fourth-order valence-electron chi connectivity index (χ4n) is 3.23. The van der Waals surface area contributed by atoms with Crippen molar-refractivity contribution in [2.75, 3.05) is 6.54 Å². The van der Waals surface area contributed by atoms with Crippen LogP contribution in [-0.4, -0.2) is 29.6 Å². The molecule has 0 spiro atoms. The van der Waals surface area contributed by atoms with E-state index in [0.29, 0.717) is 18.7 Å². The van der Waals surface area contributed by atoms with Crippen molar-refractivity contribution >= 4 is 5.96 Å². The molecular weight excluding hydrogens is 300 g/mol. The van der Waals surface area contributed by atoms with Gasteiger partial charge in [-0.1, -0.05) is 18.2 Å². The van der Waals surface area contributed by atoms with E-state index in [2.05, 4.69) is 40.8 Å². The first kappa shape index (κ1) is 16.8. The summed E-state index contributed by atoms with van der Waals surface area (Å²) in [6.45, 7) is 3.51. The molecule has 0 atom stereocenters. The van der Waals surface area contributed by atoms with Gasteiger partial charge in [-0.05, 0) is 51.5 Å². The van der Waals surface area contributed by atoms with Crippen molar-refractivity contribution in [1.82, 2.24) is 15.6 Å². The lowest BCUT2D eigenvalue weighted by Gasteiger charge is -2.17. The zero-order chi connectivity index (χ0) is 16.6. The van der Waals surface area contributed by atoms with Crippen molar-refractivity contribution in [3.05, 3.63) is 36.0 Å². The van der Waals surface area contributed by atoms with Crippen molar-refractivity contribution < 1.29 is 4.74 Å². The highest BCUT2D eigenvalue weighted by Crippen LogP contribution is 2.25. The van der Waals surface area contributed by atoms with E-state index in [4.69, 9.17) is 9.73 Å². The first-order valence-electron chi connectivity index (χ1n) is 9.15. The summed E-state index contributed by atoms with van der Waals surface area (Å²) in [5.74, 6) is 1.61. The van der Waals surface area contributed by atoms with Gasteiger partial charge in [0, 0.05) is 24.3 Å². The minimum absolute atomic E-state index is 0.318. The van der Waals surface area contributed by atoms with E-state index in [1.165, 1.54) is 12.8 Å². The third-order valence-corrected chi connectivity index (χ3v) is 4.53. The Labute approximate surface area is 144 Å². The van der Waals surface area contributed by atoms with Crippen molar-refractivity contribution in [2.24, 2.45) is 4.99 Å². The Morgan fingerprint density at radius 3 is 2.83 bits per heavy atom. The molecule has 1 aromatic heterocycles. The summed E-state index contributed by atoms with van der Waals surface area (Å²) >= 11 is 0. The number of hydrogen-bond donors (Lipinski definition) is 2. The molecule has 0 saturated heterocycles. The van der Waals surface area contributed by atoms with Gasteiger partial charge in [0.1, 0.15) is 6.10 Å². The number of pyridine rings is 1. The number of ether oxygens (including phenoxy) is 1. The van der Waals surface area contributed by atoms with Gasteiger partial charge in [-0.15, -0.1) is 0 Å². The highest BCUT2D eigenvalue weighted by molar-refractivity contribution is 5.80. The number of guanidine groups is 1. The molecule has 5 heteroatoms. The third-order valence-electron chi connectivity index (χ3n) is 4.53. The second-order valence-electron chi connectivity index (χ2n) is 6.47. The van der Waals surface area contributed by atoms with E-state index in [1.807, 2.05) is 6.07 Å². The van der Waals surface area contributed by atoms with Gasteiger partial charge in [-0.3, -0.25) is 0 Å². The quantitative estimate of drug-likeness (QED) is 0.478. The Balaban J connectivity index is 1.64. The zero-order valence-corrected chi connectivity index (χ0v) is 14.5. The molecule has 2 N–H and O–H groups in total. The fourth-order valence-corrected chi connectivity index (χ4v) is 3.23. The lowest BCUT2D eigenvalue weighted by atomic mass is 10.2. The SMILES string of the molecule is CCNC(=NCc1cccnc1OC1CCCC1)NC1CC=CC1. The second kappa shape index (κ2) is 8.71. The number of aliphatic imine (C=N–C) groups is 1. The van der Waals surface area contributed by atoms with E-state index in [9.17, 15) is 0 Å². The van der Waals surface area contributed by atoms with Crippen LogP contribution in [0, 0.1) is 0 Å². The maximum absolute atomic E-state index is 6.10. The second-order valence-corrected chi connectivity index (χ2v) is 6.47. The number of aromatic nitrogens is 1. The van der Waals surface area contributed by atoms with Crippen LogP contribution >= 0.6 is 0 Å². The van der Waals surface area contributed by atoms with Crippen molar-refractivity contribution in [1.29, 1.82) is 0 Å². The molecule has 5 nitrogen and oxygen atoms in total. The van der Waals surface area contributed by atoms with E-state index in [1.54, 1.807) is 6.20 Å². The average molecular weight is 328 g/mol. The Hall–Kier alpha value is -2.04. The third kappa shape index (κ3) is 4.73. The van der Waals surface area contributed by atoms with Crippen molar-refractivity contribution in [3.8, 4) is 5.88 Å². The Kier molecular flexibility index (Phi) is 6.10. The molecule has 2 aliphatic rings. The monoisotopic (exact) mass is 328 g/mol. The molecule has 1 aromatic rings. The smallest absolute Gasteiger partial charge is 0.218 e. The van der Waals surface area contributed by atoms with Gasteiger partial charge < -0.3 is 15.4 Å². The van der Waals surface area contributed by atoms with Gasteiger partial charge in [0.25, 0.3) is 0 Å². The largest absolute Gasteiger partial charge is 0.474 e. The van der Waals surface area contributed by atoms with Crippen LogP contribution in [0.2, 0.25) is 0 Å². The van der Waals surface area contributed by atoms with Gasteiger partial charge in [-0.2, -0.15) is 0 Å². The molecule has 1 saturated carbocycles. The molecule has 0 radical (unpaired) electrons. The number of nitrogens with one attached hydrogen (secondary N) is 2. The van der Waals surface area contributed by atoms with Crippen molar-refractivity contribution in [3.63, 3.8) is 0 Å². The normalized spacial score (nSPS) is 19.0. The predicted octanol–water partition coefficient (Wildman–Crippen LogP) is 3.18. The van der Waals surface area contributed by atoms with Gasteiger partial charge in [-0.25, -0.2) is 9.98 Å². The molecule has 24 heavy (non-hydrogen) atoms. The van der Waals surface area contributed by atoms with Gasteiger partial charge in [0.05, 0.1) is 6.54 Å². The van der Waals surface area contributed by atoms with Crippen LogP contribution < -0.4 is 15.4 Å². The standard InChI is InChI=1S/C19H28N4O/c1-2-20-19(23-16-9-3-4-10-16)22-14-15-8-7-13-21-18(15)24-17-11-5-6-12-17/h3-4,7-8,13,16-17H,2,5-6,9-12,14H2,1H3,(H2,20,22,23). The number of rotatable bonds is 6. The lowest BCUT2D eigenvalue weighted by Crippen LogP contribution is -2.42. The summed E-state index contributed by atoms with van der Waals surface area (Å²) in [5.41, 5.74) is 1.05. The molecule has 0 amide bonds. The van der Waals surface area contributed by atoms with Crippen LogP contribution in [0.25, 0.3) is 0 Å². The maximum Gasteiger partial charge on any atom is 0.218 e. The Morgan fingerprint density at radius 2 is 2.08 bits per heavy atom. The summed E-state index contributed by atoms with van der Waals surface area (Å²) in [6.07, 6.45) is 13.5. The topological polar surface area (TPSA) is 58.5 Å². The average Bonchev–Trinajstić information content (AvgIpc) is 3.28. The van der Waals surface area contributed by atoms with Crippen LogP contribution in [0.1, 0.15) is 51.0 Å². The maximum atomic E-state index is 6.10. The van der Waals surface area contributed by atoms with Crippen molar-refractivity contribution in [2.45, 2.75) is 64.1 Å². The van der Waals surface area contributed by atoms with Crippen LogP contribution in [0.15, 0.2) is 35.5 Å². The summed E-state index contributed by atoms with van der Waals surface area (Å²) in [5, 5.41) is 6.82. The summed E-state index contributed by atoms with van der Waals surface area (Å²) < 4.78 is 6.10. The molecule has 3 rings (SSSR count). The Bertz CT molecular complexity index is 570. The van der Waals surface area contributed by atoms with E-state index in [0.717, 1.165) is 49.6 Å². The molecule has 0 aromatic carbocycles. The van der Waals surface area contributed by atoms with E-state index < -0.39 is 0 Å². The molecule has 0 unspecified atom stereocenters. The first-order valence-corrected chi connectivity index (χ1v) is 9.15. The van der Waals surface area contributed by atoms with Gasteiger partial charge in [0.15, 0.2) is 5.96 Å². The molecule has 130 valence electrons. The van der Waals surface area contributed by atoms with Crippen LogP contribution in [0.3, 0.4) is 0 Å². The molecule has 0 bridgehead atoms. The van der Waals surface area contributed by atoms with Crippen LogP contribution in [0.4, 0.5) is 0 Å². The minimum Gasteiger partial charge on any atom is -0.474 e. The van der Waals surface area contributed by atoms with Crippen LogP contribution in [-0.2, 0) is 6.54 Å². The van der Waals surface area contributed by atoms with E-state index >= 15 is 0 Å². The lowest BCUT2D eigenvalue weighted by molar-refractivity contribution is 0.199. The Morgan fingerprint density at radius 1 is 1.29 bits per heavy atom. The molecular formula is C19H28N4O. The highest BCUT2D eigenvalue weighted by atomic mass is 16.5. The van der Waals surface area contributed by atoms with Crippen LogP contribution in [0.5, 0.6) is 5.88 Å². The summed E-state index contributed by atoms with van der Waals surface area (Å²) in [4.78, 5) is 9.16. The summed E-state index contributed by atoms with van der Waals surface area (Å²) in [6, 6.07) is 4.46. The molecule has 1 heterocycles. The highest BCUT2D eigenvalue weighted by Gasteiger charge is 2.18. The fraction of sp³-hybridized carbons (Fsp3) is 0.579. The zero-order valence-electron chi connectivity index (χ0n) is 14.5. The summed E-state index contributed by atoms with van der Waals surface area (Å²) in [7, 11) is 0. The van der Waals surface area contributed by atoms with E-state index in [-0.39, 0.29) is 0 Å². The first-order chi connectivity index (χ1) is 11.8. The molecule has 1 fully saturated rings.